The molecule has 1 amide bonds. The van der Waals surface area contributed by atoms with Gasteiger partial charge in [-0.25, -0.2) is 0 Å². The number of hydrogen-bond acceptors (Lipinski definition) is 2. The van der Waals surface area contributed by atoms with Crippen LogP contribution in [0, 0.1) is 0 Å². The second-order valence-corrected chi connectivity index (χ2v) is 3.02. The molecule has 0 aliphatic carbocycles. The second-order valence-electron chi connectivity index (χ2n) is 3.02. The highest BCUT2D eigenvalue weighted by molar-refractivity contribution is 5.94. The number of ether oxygens (including phenoxy) is 1. The predicted molar refractivity (Wildman–Crippen MR) is 61.1 cm³/mol. The molecule has 0 aliphatic rings. The van der Waals surface area contributed by atoms with Gasteiger partial charge in [-0.2, -0.15) is 0 Å². The molecule has 0 saturated carbocycles. The van der Waals surface area contributed by atoms with Crippen LogP contribution in [0.5, 0.6) is 5.75 Å². The van der Waals surface area contributed by atoms with Gasteiger partial charge < -0.3 is 10.1 Å². The summed E-state index contributed by atoms with van der Waals surface area (Å²) in [6.07, 6.45) is 1.69. The van der Waals surface area contributed by atoms with E-state index in [1.807, 2.05) is 13.0 Å². The molecule has 0 heterocycles. The zero-order chi connectivity index (χ0) is 11.3. The molecule has 0 unspecified atom stereocenters. The molecule has 3 heteroatoms. The van der Waals surface area contributed by atoms with Crippen LogP contribution in [0.25, 0.3) is 6.08 Å². The first kappa shape index (κ1) is 11.3. The molecule has 1 aromatic carbocycles. The summed E-state index contributed by atoms with van der Waals surface area (Å²) < 4.78 is 5.15. The van der Waals surface area contributed by atoms with E-state index < -0.39 is 0 Å². The number of benzene rings is 1. The van der Waals surface area contributed by atoms with E-state index in [4.69, 9.17) is 4.74 Å². The third-order valence-electron chi connectivity index (χ3n) is 2.05. The van der Waals surface area contributed by atoms with E-state index in [2.05, 4.69) is 11.9 Å². The Kier molecular flexibility index (Phi) is 3.92. The summed E-state index contributed by atoms with van der Waals surface area (Å²) in [7, 11) is 1.57. The molecule has 0 saturated heterocycles. The quantitative estimate of drug-likeness (QED) is 0.817. The Balaban J connectivity index is 3.02. The summed E-state index contributed by atoms with van der Waals surface area (Å²) in [6, 6.07) is 5.28. The fourth-order valence-electron chi connectivity index (χ4n) is 1.28. The first-order valence-electron chi connectivity index (χ1n) is 4.81. The fraction of sp³-hybridized carbons (Fsp3) is 0.250. The van der Waals surface area contributed by atoms with E-state index in [0.717, 1.165) is 5.56 Å². The minimum atomic E-state index is -0.0913. The Bertz CT molecular complexity index is 372. The Morgan fingerprint density at radius 2 is 2.33 bits per heavy atom. The summed E-state index contributed by atoms with van der Waals surface area (Å²) in [5.41, 5.74) is 1.48. The van der Waals surface area contributed by atoms with E-state index in [1.54, 1.807) is 25.3 Å². The maximum Gasteiger partial charge on any atom is 0.251 e. The minimum absolute atomic E-state index is 0.0913. The molecule has 0 aliphatic heterocycles. The van der Waals surface area contributed by atoms with Crippen molar-refractivity contribution in [3.63, 3.8) is 0 Å². The maximum atomic E-state index is 11.5. The van der Waals surface area contributed by atoms with Crippen molar-refractivity contribution in [3.8, 4) is 5.75 Å². The lowest BCUT2D eigenvalue weighted by Crippen LogP contribution is -2.22. The molecule has 3 nitrogen and oxygen atoms in total. The number of amides is 1. The van der Waals surface area contributed by atoms with Crippen molar-refractivity contribution in [3.05, 3.63) is 35.9 Å². The monoisotopic (exact) mass is 205 g/mol. The SMILES string of the molecule is C=Cc1ccc(C(=O)NCC)cc1OC. The normalized spacial score (nSPS) is 9.47. The highest BCUT2D eigenvalue weighted by Crippen LogP contribution is 2.20. The summed E-state index contributed by atoms with van der Waals surface area (Å²) in [6.45, 7) is 6.17. The van der Waals surface area contributed by atoms with Crippen molar-refractivity contribution in [2.24, 2.45) is 0 Å². The average Bonchev–Trinajstić information content (AvgIpc) is 2.28. The molecular weight excluding hydrogens is 190 g/mol. The number of nitrogens with one attached hydrogen (secondary N) is 1. The van der Waals surface area contributed by atoms with Crippen LogP contribution in [0.15, 0.2) is 24.8 Å². The summed E-state index contributed by atoms with van der Waals surface area (Å²) in [5.74, 6) is 0.570. The first-order valence-corrected chi connectivity index (χ1v) is 4.81. The van der Waals surface area contributed by atoms with E-state index >= 15 is 0 Å². The predicted octanol–water partition coefficient (Wildman–Crippen LogP) is 2.09. The lowest BCUT2D eigenvalue weighted by Gasteiger charge is -2.07. The van der Waals surface area contributed by atoms with Crippen LogP contribution in [0.2, 0.25) is 0 Å². The third kappa shape index (κ3) is 2.59. The molecule has 1 N–H and O–H groups in total. The van der Waals surface area contributed by atoms with Gasteiger partial charge in [-0.15, -0.1) is 0 Å². The molecule has 0 aromatic heterocycles. The fourth-order valence-corrected chi connectivity index (χ4v) is 1.28. The lowest BCUT2D eigenvalue weighted by atomic mass is 10.1. The molecule has 0 atom stereocenters. The lowest BCUT2D eigenvalue weighted by molar-refractivity contribution is 0.0955. The molecule has 0 fully saturated rings. The molecule has 15 heavy (non-hydrogen) atoms. The standard InChI is InChI=1S/C12H15NO2/c1-4-9-6-7-10(8-11(9)15-3)12(14)13-5-2/h4,6-8H,1,5H2,2-3H3,(H,13,14). The summed E-state index contributed by atoms with van der Waals surface area (Å²) in [4.78, 5) is 11.5. The second kappa shape index (κ2) is 5.20. The van der Waals surface area contributed by atoms with Crippen LogP contribution in [0.1, 0.15) is 22.8 Å². The molecule has 1 aromatic rings. The van der Waals surface area contributed by atoms with Crippen molar-refractivity contribution in [1.82, 2.24) is 5.32 Å². The number of carbonyl (C=O) groups excluding carboxylic acids is 1. The molecule has 1 rings (SSSR count). The zero-order valence-corrected chi connectivity index (χ0v) is 9.04. The van der Waals surface area contributed by atoms with Crippen molar-refractivity contribution >= 4 is 12.0 Å². The van der Waals surface area contributed by atoms with Gasteiger partial charge in [0.25, 0.3) is 5.91 Å². The van der Waals surface area contributed by atoms with Crippen LogP contribution < -0.4 is 10.1 Å². The van der Waals surface area contributed by atoms with Gasteiger partial charge in [-0.1, -0.05) is 18.7 Å². The average molecular weight is 205 g/mol. The molecule has 0 bridgehead atoms. The van der Waals surface area contributed by atoms with Crippen LogP contribution >= 0.6 is 0 Å². The maximum absolute atomic E-state index is 11.5. The van der Waals surface area contributed by atoms with Crippen molar-refractivity contribution < 1.29 is 9.53 Å². The molecule has 80 valence electrons. The van der Waals surface area contributed by atoms with Gasteiger partial charge in [0.1, 0.15) is 5.75 Å². The summed E-state index contributed by atoms with van der Waals surface area (Å²) in [5, 5.41) is 2.73. The number of rotatable bonds is 4. The van der Waals surface area contributed by atoms with Crippen LogP contribution in [-0.2, 0) is 0 Å². The zero-order valence-electron chi connectivity index (χ0n) is 9.04. The van der Waals surface area contributed by atoms with Gasteiger partial charge in [0, 0.05) is 17.7 Å². The molecule has 0 spiro atoms. The molecule has 0 radical (unpaired) electrons. The Morgan fingerprint density at radius 1 is 1.60 bits per heavy atom. The Labute approximate surface area is 89.8 Å². The smallest absolute Gasteiger partial charge is 0.251 e. The van der Waals surface area contributed by atoms with Crippen LogP contribution in [0.3, 0.4) is 0 Å². The summed E-state index contributed by atoms with van der Waals surface area (Å²) >= 11 is 0. The van der Waals surface area contributed by atoms with Crippen molar-refractivity contribution in [2.75, 3.05) is 13.7 Å². The van der Waals surface area contributed by atoms with Crippen LogP contribution in [-0.4, -0.2) is 19.6 Å². The van der Waals surface area contributed by atoms with Gasteiger partial charge >= 0.3 is 0 Å². The third-order valence-corrected chi connectivity index (χ3v) is 2.05. The Hall–Kier alpha value is -1.77. The first-order chi connectivity index (χ1) is 7.22. The largest absolute Gasteiger partial charge is 0.496 e. The van der Waals surface area contributed by atoms with Gasteiger partial charge in [-0.05, 0) is 19.1 Å². The minimum Gasteiger partial charge on any atom is -0.496 e. The number of methoxy groups -OCH3 is 1. The van der Waals surface area contributed by atoms with E-state index in [9.17, 15) is 4.79 Å². The van der Waals surface area contributed by atoms with Gasteiger partial charge in [0.05, 0.1) is 7.11 Å². The number of hydrogen-bond donors (Lipinski definition) is 1. The highest BCUT2D eigenvalue weighted by Gasteiger charge is 2.07. The van der Waals surface area contributed by atoms with E-state index in [0.29, 0.717) is 17.9 Å². The molecular formula is C12H15NO2. The van der Waals surface area contributed by atoms with Gasteiger partial charge in [0.2, 0.25) is 0 Å². The van der Waals surface area contributed by atoms with Crippen molar-refractivity contribution in [2.45, 2.75) is 6.92 Å². The van der Waals surface area contributed by atoms with Crippen molar-refractivity contribution in [1.29, 1.82) is 0 Å². The van der Waals surface area contributed by atoms with Gasteiger partial charge in [-0.3, -0.25) is 4.79 Å². The highest BCUT2D eigenvalue weighted by atomic mass is 16.5. The van der Waals surface area contributed by atoms with Gasteiger partial charge in [0.15, 0.2) is 0 Å². The van der Waals surface area contributed by atoms with E-state index in [1.165, 1.54) is 0 Å². The topological polar surface area (TPSA) is 38.3 Å². The number of carbonyl (C=O) groups is 1. The van der Waals surface area contributed by atoms with Crippen LogP contribution in [0.4, 0.5) is 0 Å². The van der Waals surface area contributed by atoms with E-state index in [-0.39, 0.29) is 5.91 Å². The Morgan fingerprint density at radius 3 is 2.87 bits per heavy atom.